The second kappa shape index (κ2) is 7.51. The first-order valence-electron chi connectivity index (χ1n) is 4.59. The molecule has 0 heterocycles. The lowest BCUT2D eigenvalue weighted by Gasteiger charge is -2.18. The maximum atomic E-state index is 11.9. The summed E-state index contributed by atoms with van der Waals surface area (Å²) in [7, 11) is 1.72. The second-order valence-corrected chi connectivity index (χ2v) is 3.90. The molecule has 0 saturated carbocycles. The van der Waals surface area contributed by atoms with Crippen molar-refractivity contribution in [1.82, 2.24) is 4.90 Å². The van der Waals surface area contributed by atoms with Crippen molar-refractivity contribution in [3.8, 4) is 0 Å². The lowest BCUT2D eigenvalue weighted by atomic mass is 10.1. The van der Waals surface area contributed by atoms with Gasteiger partial charge in [-0.25, -0.2) is 8.78 Å². The maximum Gasteiger partial charge on any atom is 0.251 e. The summed E-state index contributed by atoms with van der Waals surface area (Å²) in [6.07, 6.45) is -0.326. The van der Waals surface area contributed by atoms with E-state index in [0.29, 0.717) is 11.8 Å². The van der Waals surface area contributed by atoms with Crippen molar-refractivity contribution < 1.29 is 8.78 Å². The number of hydrogen-bond donors (Lipinski definition) is 0. The molecule has 0 N–H and O–H groups in total. The predicted octanol–water partition coefficient (Wildman–Crippen LogP) is 2.84. The van der Waals surface area contributed by atoms with Crippen molar-refractivity contribution in [2.24, 2.45) is 5.92 Å². The summed E-state index contributed by atoms with van der Waals surface area (Å²) in [6, 6.07) is 0. The minimum absolute atomic E-state index is 0.131. The van der Waals surface area contributed by atoms with E-state index >= 15 is 0 Å². The molecule has 0 fully saturated rings. The third-order valence-electron chi connectivity index (χ3n) is 2.06. The number of rotatable bonds is 7. The smallest absolute Gasteiger partial charge is 0.251 e. The molecule has 0 aromatic rings. The Balaban J connectivity index is 3.40. The Morgan fingerprint density at radius 1 is 1.31 bits per heavy atom. The van der Waals surface area contributed by atoms with Crippen LogP contribution in [-0.4, -0.2) is 37.3 Å². The fourth-order valence-corrected chi connectivity index (χ4v) is 1.47. The highest BCUT2D eigenvalue weighted by Crippen LogP contribution is 2.09. The quantitative estimate of drug-likeness (QED) is 0.588. The van der Waals surface area contributed by atoms with E-state index in [0.717, 1.165) is 19.4 Å². The Morgan fingerprint density at radius 2 is 1.92 bits per heavy atom. The van der Waals surface area contributed by atoms with Gasteiger partial charge in [-0.05, 0) is 32.4 Å². The van der Waals surface area contributed by atoms with E-state index in [1.807, 2.05) is 0 Å². The zero-order chi connectivity index (χ0) is 10.3. The summed E-state index contributed by atoms with van der Waals surface area (Å²) >= 11 is 5.56. The van der Waals surface area contributed by atoms with E-state index in [2.05, 4.69) is 6.92 Å². The van der Waals surface area contributed by atoms with Gasteiger partial charge < -0.3 is 4.90 Å². The van der Waals surface area contributed by atoms with Gasteiger partial charge in [0.25, 0.3) is 6.43 Å². The molecule has 0 amide bonds. The van der Waals surface area contributed by atoms with Gasteiger partial charge >= 0.3 is 0 Å². The van der Waals surface area contributed by atoms with Gasteiger partial charge in [0.05, 0.1) is 6.54 Å². The van der Waals surface area contributed by atoms with Gasteiger partial charge in [-0.1, -0.05) is 6.92 Å². The second-order valence-electron chi connectivity index (χ2n) is 3.52. The molecule has 1 unspecified atom stereocenters. The van der Waals surface area contributed by atoms with Crippen LogP contribution < -0.4 is 0 Å². The summed E-state index contributed by atoms with van der Waals surface area (Å²) < 4.78 is 23.8. The molecule has 0 aliphatic carbocycles. The van der Waals surface area contributed by atoms with Gasteiger partial charge in [0.15, 0.2) is 0 Å². The molecule has 0 aliphatic rings. The fraction of sp³-hybridized carbons (Fsp3) is 1.00. The van der Waals surface area contributed by atoms with Crippen LogP contribution in [0.2, 0.25) is 0 Å². The number of hydrogen-bond acceptors (Lipinski definition) is 1. The highest BCUT2D eigenvalue weighted by atomic mass is 35.5. The van der Waals surface area contributed by atoms with Crippen molar-refractivity contribution in [1.29, 1.82) is 0 Å². The SMILES string of the molecule is CC(CCCl)CCN(C)CC(F)F. The van der Waals surface area contributed by atoms with E-state index in [-0.39, 0.29) is 6.54 Å². The molecule has 13 heavy (non-hydrogen) atoms. The van der Waals surface area contributed by atoms with Gasteiger partial charge in [0.1, 0.15) is 0 Å². The summed E-state index contributed by atoms with van der Waals surface area (Å²) in [5.74, 6) is 1.18. The molecule has 0 radical (unpaired) electrons. The Morgan fingerprint density at radius 3 is 2.38 bits per heavy atom. The molecule has 0 aromatic carbocycles. The molecule has 1 atom stereocenters. The first-order valence-corrected chi connectivity index (χ1v) is 5.12. The normalized spacial score (nSPS) is 14.1. The van der Waals surface area contributed by atoms with Gasteiger partial charge in [0.2, 0.25) is 0 Å². The Kier molecular flexibility index (Phi) is 7.57. The number of alkyl halides is 3. The van der Waals surface area contributed by atoms with Crippen molar-refractivity contribution in [2.45, 2.75) is 26.2 Å². The molecule has 0 rings (SSSR count). The molecule has 0 saturated heterocycles. The standard InChI is InChI=1S/C9H18ClF2N/c1-8(3-5-10)4-6-13(2)7-9(11)12/h8-9H,3-7H2,1-2H3. The van der Waals surface area contributed by atoms with Crippen molar-refractivity contribution in [3.05, 3.63) is 0 Å². The van der Waals surface area contributed by atoms with E-state index in [9.17, 15) is 8.78 Å². The molecule has 0 aromatic heterocycles. The van der Waals surface area contributed by atoms with Crippen LogP contribution in [0.4, 0.5) is 8.78 Å². The molecule has 1 nitrogen and oxygen atoms in total. The zero-order valence-electron chi connectivity index (χ0n) is 8.27. The lowest BCUT2D eigenvalue weighted by molar-refractivity contribution is 0.0979. The lowest BCUT2D eigenvalue weighted by Crippen LogP contribution is -2.26. The highest BCUT2D eigenvalue weighted by molar-refractivity contribution is 6.17. The van der Waals surface area contributed by atoms with Crippen molar-refractivity contribution in [3.63, 3.8) is 0 Å². The highest BCUT2D eigenvalue weighted by Gasteiger charge is 2.08. The average molecular weight is 214 g/mol. The van der Waals surface area contributed by atoms with Gasteiger partial charge in [0, 0.05) is 5.88 Å². The predicted molar refractivity (Wildman–Crippen MR) is 52.6 cm³/mol. The van der Waals surface area contributed by atoms with Crippen LogP contribution in [0.1, 0.15) is 19.8 Å². The van der Waals surface area contributed by atoms with E-state index in [4.69, 9.17) is 11.6 Å². The number of halogens is 3. The van der Waals surface area contributed by atoms with Crippen LogP contribution >= 0.6 is 11.6 Å². The van der Waals surface area contributed by atoms with Crippen LogP contribution in [-0.2, 0) is 0 Å². The first-order chi connectivity index (χ1) is 6.06. The van der Waals surface area contributed by atoms with Crippen LogP contribution in [0.5, 0.6) is 0 Å². The summed E-state index contributed by atoms with van der Waals surface area (Å²) in [5, 5.41) is 0. The molecular weight excluding hydrogens is 196 g/mol. The summed E-state index contributed by atoms with van der Waals surface area (Å²) in [6.45, 7) is 2.69. The topological polar surface area (TPSA) is 3.24 Å². The molecule has 4 heteroatoms. The molecular formula is C9H18ClF2N. The van der Waals surface area contributed by atoms with E-state index < -0.39 is 6.43 Å². The summed E-state index contributed by atoms with van der Waals surface area (Å²) in [5.41, 5.74) is 0. The van der Waals surface area contributed by atoms with Crippen LogP contribution in [0.25, 0.3) is 0 Å². The van der Waals surface area contributed by atoms with Gasteiger partial charge in [-0.15, -0.1) is 11.6 Å². The van der Waals surface area contributed by atoms with Crippen LogP contribution in [0.15, 0.2) is 0 Å². The Hall–Kier alpha value is 0.110. The molecule has 0 aliphatic heterocycles. The molecule has 80 valence electrons. The van der Waals surface area contributed by atoms with Crippen molar-refractivity contribution >= 4 is 11.6 Å². The monoisotopic (exact) mass is 213 g/mol. The minimum atomic E-state index is -2.23. The van der Waals surface area contributed by atoms with Gasteiger partial charge in [-0.3, -0.25) is 0 Å². The first kappa shape index (κ1) is 13.1. The Bertz CT molecular complexity index is 122. The zero-order valence-corrected chi connectivity index (χ0v) is 9.03. The average Bonchev–Trinajstić information content (AvgIpc) is 2.00. The van der Waals surface area contributed by atoms with Gasteiger partial charge in [-0.2, -0.15) is 0 Å². The van der Waals surface area contributed by atoms with Crippen molar-refractivity contribution in [2.75, 3.05) is 26.0 Å². The third-order valence-corrected chi connectivity index (χ3v) is 2.27. The van der Waals surface area contributed by atoms with E-state index in [1.54, 1.807) is 11.9 Å². The maximum absolute atomic E-state index is 11.9. The Labute approximate surface area is 84.1 Å². The van der Waals surface area contributed by atoms with E-state index in [1.165, 1.54) is 0 Å². The summed E-state index contributed by atoms with van der Waals surface area (Å²) in [4.78, 5) is 1.66. The van der Waals surface area contributed by atoms with Crippen LogP contribution in [0, 0.1) is 5.92 Å². The fourth-order valence-electron chi connectivity index (χ4n) is 1.10. The largest absolute Gasteiger partial charge is 0.301 e. The number of nitrogens with zero attached hydrogens (tertiary/aromatic N) is 1. The minimum Gasteiger partial charge on any atom is -0.301 e. The molecule has 0 bridgehead atoms. The molecule has 0 spiro atoms. The third kappa shape index (κ3) is 8.44. The van der Waals surface area contributed by atoms with Crippen LogP contribution in [0.3, 0.4) is 0 Å².